The van der Waals surface area contributed by atoms with Crippen molar-refractivity contribution in [1.82, 2.24) is 0 Å². The van der Waals surface area contributed by atoms with Crippen LogP contribution in [0, 0.1) is 12.7 Å². The van der Waals surface area contributed by atoms with Gasteiger partial charge in [-0.05, 0) is 43.7 Å². The normalized spacial score (nSPS) is 14.5. The zero-order chi connectivity index (χ0) is 13.3. The van der Waals surface area contributed by atoms with E-state index in [0.29, 0.717) is 10.6 Å². The first-order chi connectivity index (χ1) is 8.38. The van der Waals surface area contributed by atoms with Crippen LogP contribution < -0.4 is 0 Å². The zero-order valence-corrected chi connectivity index (χ0v) is 11.8. The fourth-order valence-electron chi connectivity index (χ4n) is 1.85. The summed E-state index contributed by atoms with van der Waals surface area (Å²) in [7, 11) is 0. The lowest BCUT2D eigenvalue weighted by molar-refractivity contribution is 0.0605. The second-order valence-corrected chi connectivity index (χ2v) is 6.32. The minimum atomic E-state index is -1.06. The molecule has 0 fully saturated rings. The molecule has 0 aliphatic carbocycles. The molecular weight excluding hydrogens is 271 g/mol. The van der Waals surface area contributed by atoms with Crippen molar-refractivity contribution in [3.8, 4) is 0 Å². The molecule has 4 heteroatoms. The van der Waals surface area contributed by atoms with Crippen molar-refractivity contribution in [2.24, 2.45) is 0 Å². The average Bonchev–Trinajstić information content (AvgIpc) is 2.70. The van der Waals surface area contributed by atoms with Gasteiger partial charge in [0.05, 0.1) is 0 Å². The first kappa shape index (κ1) is 13.5. The molecule has 18 heavy (non-hydrogen) atoms. The van der Waals surface area contributed by atoms with Gasteiger partial charge in [-0.1, -0.05) is 17.7 Å². The molecule has 2 aromatic rings. The Morgan fingerprint density at radius 3 is 2.61 bits per heavy atom. The van der Waals surface area contributed by atoms with E-state index in [2.05, 4.69) is 0 Å². The zero-order valence-electron chi connectivity index (χ0n) is 10.2. The van der Waals surface area contributed by atoms with Gasteiger partial charge in [-0.15, -0.1) is 11.3 Å². The van der Waals surface area contributed by atoms with Crippen LogP contribution in [0.15, 0.2) is 30.3 Å². The average molecular weight is 285 g/mol. The summed E-state index contributed by atoms with van der Waals surface area (Å²) >= 11 is 7.23. The largest absolute Gasteiger partial charge is 0.384 e. The molecule has 1 heterocycles. The fourth-order valence-corrected chi connectivity index (χ4v) is 2.92. The third-order valence-corrected chi connectivity index (χ3v) is 4.31. The van der Waals surface area contributed by atoms with Crippen LogP contribution in [-0.4, -0.2) is 5.11 Å². The van der Waals surface area contributed by atoms with Gasteiger partial charge in [0.2, 0.25) is 0 Å². The summed E-state index contributed by atoms with van der Waals surface area (Å²) in [6.07, 6.45) is 0.232. The van der Waals surface area contributed by atoms with Crippen molar-refractivity contribution in [2.75, 3.05) is 0 Å². The van der Waals surface area contributed by atoms with E-state index in [4.69, 9.17) is 11.6 Å². The summed E-state index contributed by atoms with van der Waals surface area (Å²) in [5.74, 6) is -0.379. The molecule has 0 saturated carbocycles. The molecule has 2 rings (SSSR count). The summed E-state index contributed by atoms with van der Waals surface area (Å²) < 4.78 is 13.7. The Kier molecular flexibility index (Phi) is 3.76. The monoisotopic (exact) mass is 284 g/mol. The molecule has 0 saturated heterocycles. The van der Waals surface area contributed by atoms with Gasteiger partial charge in [0.25, 0.3) is 0 Å². The van der Waals surface area contributed by atoms with Crippen LogP contribution in [0.25, 0.3) is 0 Å². The molecule has 1 aromatic heterocycles. The summed E-state index contributed by atoms with van der Waals surface area (Å²) in [6, 6.07) is 8.36. The predicted molar refractivity (Wildman–Crippen MR) is 73.7 cm³/mol. The quantitative estimate of drug-likeness (QED) is 0.891. The maximum atomic E-state index is 13.7. The molecule has 0 amide bonds. The van der Waals surface area contributed by atoms with E-state index in [-0.39, 0.29) is 12.2 Å². The first-order valence-electron chi connectivity index (χ1n) is 5.62. The van der Waals surface area contributed by atoms with Crippen LogP contribution in [0.5, 0.6) is 0 Å². The van der Waals surface area contributed by atoms with E-state index in [0.717, 1.165) is 9.75 Å². The minimum Gasteiger partial charge on any atom is -0.384 e. The Morgan fingerprint density at radius 1 is 1.33 bits per heavy atom. The van der Waals surface area contributed by atoms with Crippen LogP contribution in [0.4, 0.5) is 4.39 Å². The maximum absolute atomic E-state index is 13.7. The molecular formula is C14H14ClFOS. The molecule has 96 valence electrons. The molecule has 0 bridgehead atoms. The lowest BCUT2D eigenvalue weighted by Crippen LogP contribution is -2.23. The Morgan fingerprint density at radius 2 is 2.06 bits per heavy atom. The Bertz CT molecular complexity index is 563. The van der Waals surface area contributed by atoms with Crippen molar-refractivity contribution in [2.45, 2.75) is 25.9 Å². The second kappa shape index (κ2) is 5.00. The van der Waals surface area contributed by atoms with E-state index in [9.17, 15) is 9.50 Å². The van der Waals surface area contributed by atoms with Gasteiger partial charge in [-0.25, -0.2) is 4.39 Å². The van der Waals surface area contributed by atoms with Gasteiger partial charge in [0.15, 0.2) is 0 Å². The fraction of sp³-hybridized carbons (Fsp3) is 0.286. The van der Waals surface area contributed by atoms with Crippen LogP contribution in [0.1, 0.15) is 22.2 Å². The summed E-state index contributed by atoms with van der Waals surface area (Å²) in [6.45, 7) is 3.68. The lowest BCUT2D eigenvalue weighted by atomic mass is 9.94. The van der Waals surface area contributed by atoms with E-state index in [1.165, 1.54) is 17.4 Å². The number of hydrogen-bond donors (Lipinski definition) is 1. The number of aryl methyl sites for hydroxylation is 1. The number of hydrogen-bond acceptors (Lipinski definition) is 2. The third-order valence-electron chi connectivity index (χ3n) is 2.82. The van der Waals surface area contributed by atoms with Crippen molar-refractivity contribution in [3.05, 3.63) is 56.5 Å². The molecule has 0 spiro atoms. The summed E-state index contributed by atoms with van der Waals surface area (Å²) in [4.78, 5) is 1.97. The van der Waals surface area contributed by atoms with Crippen LogP contribution in [-0.2, 0) is 12.0 Å². The highest BCUT2D eigenvalue weighted by Gasteiger charge is 2.26. The molecule has 1 nitrogen and oxygen atoms in total. The SMILES string of the molecule is Cc1ccc(C(C)(O)Cc2ccc(Cl)cc2F)s1. The van der Waals surface area contributed by atoms with Crippen molar-refractivity contribution in [1.29, 1.82) is 0 Å². The van der Waals surface area contributed by atoms with E-state index in [1.54, 1.807) is 19.1 Å². The number of thiophene rings is 1. The maximum Gasteiger partial charge on any atom is 0.128 e. The van der Waals surface area contributed by atoms with Crippen LogP contribution in [0.3, 0.4) is 0 Å². The smallest absolute Gasteiger partial charge is 0.128 e. The molecule has 0 aliphatic heterocycles. The van der Waals surface area contributed by atoms with Crippen molar-refractivity contribution < 1.29 is 9.50 Å². The van der Waals surface area contributed by atoms with Gasteiger partial charge in [-0.3, -0.25) is 0 Å². The van der Waals surface area contributed by atoms with Gasteiger partial charge in [0.1, 0.15) is 11.4 Å². The first-order valence-corrected chi connectivity index (χ1v) is 6.81. The highest BCUT2D eigenvalue weighted by molar-refractivity contribution is 7.12. The number of benzene rings is 1. The van der Waals surface area contributed by atoms with E-state index >= 15 is 0 Å². The molecule has 1 unspecified atom stereocenters. The minimum absolute atomic E-state index is 0.232. The number of rotatable bonds is 3. The predicted octanol–water partition coefficient (Wildman–Crippen LogP) is 4.30. The molecule has 0 aliphatic rings. The summed E-state index contributed by atoms with van der Waals surface area (Å²) in [5, 5.41) is 10.8. The highest BCUT2D eigenvalue weighted by Crippen LogP contribution is 2.32. The molecule has 1 atom stereocenters. The molecule has 1 aromatic carbocycles. The van der Waals surface area contributed by atoms with Crippen LogP contribution in [0.2, 0.25) is 5.02 Å². The third kappa shape index (κ3) is 2.91. The van der Waals surface area contributed by atoms with Crippen LogP contribution >= 0.6 is 22.9 Å². The highest BCUT2D eigenvalue weighted by atomic mass is 35.5. The molecule has 1 N–H and O–H groups in total. The van der Waals surface area contributed by atoms with Gasteiger partial charge in [0, 0.05) is 21.2 Å². The van der Waals surface area contributed by atoms with Crippen molar-refractivity contribution in [3.63, 3.8) is 0 Å². The standard InChI is InChI=1S/C14H14ClFOS/c1-9-3-6-13(18-9)14(2,17)8-10-4-5-11(15)7-12(10)16/h3-7,17H,8H2,1-2H3. The Hall–Kier alpha value is -0.900. The van der Waals surface area contributed by atoms with E-state index < -0.39 is 5.60 Å². The Labute approximate surface area is 115 Å². The number of halogens is 2. The summed E-state index contributed by atoms with van der Waals surface area (Å²) in [5.41, 5.74) is -0.594. The Balaban J connectivity index is 2.27. The van der Waals surface area contributed by atoms with Gasteiger partial charge < -0.3 is 5.11 Å². The van der Waals surface area contributed by atoms with Gasteiger partial charge >= 0.3 is 0 Å². The van der Waals surface area contributed by atoms with Gasteiger partial charge in [-0.2, -0.15) is 0 Å². The molecule has 0 radical (unpaired) electrons. The topological polar surface area (TPSA) is 20.2 Å². The van der Waals surface area contributed by atoms with E-state index in [1.807, 2.05) is 19.1 Å². The van der Waals surface area contributed by atoms with Crippen molar-refractivity contribution >= 4 is 22.9 Å². The number of aliphatic hydroxyl groups is 1. The lowest BCUT2D eigenvalue weighted by Gasteiger charge is -2.22. The second-order valence-electron chi connectivity index (χ2n) is 4.60.